The highest BCUT2D eigenvalue weighted by atomic mass is 16.6. The summed E-state index contributed by atoms with van der Waals surface area (Å²) in [5.41, 5.74) is 0.350. The van der Waals surface area contributed by atoms with Crippen molar-refractivity contribution >= 4 is 11.4 Å². The molecule has 8 nitrogen and oxygen atoms in total. The molecular formula is C9H10N6O2. The molecule has 1 N–H and O–H groups in total. The monoisotopic (exact) mass is 234 g/mol. The molecule has 0 fully saturated rings. The molecule has 0 saturated heterocycles. The van der Waals surface area contributed by atoms with Crippen LogP contribution in [0.5, 0.6) is 0 Å². The number of pyridine rings is 1. The van der Waals surface area contributed by atoms with Gasteiger partial charge in [0.1, 0.15) is 18.2 Å². The van der Waals surface area contributed by atoms with Crippen molar-refractivity contribution in [2.45, 2.75) is 6.54 Å². The minimum absolute atomic E-state index is 0.0605. The molecule has 2 aromatic rings. The van der Waals surface area contributed by atoms with Crippen LogP contribution in [0, 0.1) is 10.1 Å². The highest BCUT2D eigenvalue weighted by Gasteiger charge is 2.13. The Labute approximate surface area is 96.5 Å². The van der Waals surface area contributed by atoms with Gasteiger partial charge >= 0.3 is 5.69 Å². The molecular weight excluding hydrogens is 224 g/mol. The molecule has 2 rings (SSSR count). The fourth-order valence-electron chi connectivity index (χ4n) is 1.32. The van der Waals surface area contributed by atoms with Crippen LogP contribution in [0.4, 0.5) is 11.4 Å². The van der Waals surface area contributed by atoms with E-state index in [0.29, 0.717) is 18.1 Å². The molecule has 0 radical (unpaired) electrons. The molecule has 88 valence electrons. The molecule has 17 heavy (non-hydrogen) atoms. The van der Waals surface area contributed by atoms with Crippen molar-refractivity contribution in [3.63, 3.8) is 0 Å². The Hall–Kier alpha value is -2.51. The van der Waals surface area contributed by atoms with E-state index in [0.717, 1.165) is 0 Å². The molecule has 0 aliphatic rings. The first-order valence-corrected chi connectivity index (χ1v) is 4.83. The summed E-state index contributed by atoms with van der Waals surface area (Å²) in [6.07, 6.45) is 4.27. The molecule has 0 aromatic carbocycles. The average Bonchev–Trinajstić information content (AvgIpc) is 2.72. The smallest absolute Gasteiger partial charge is 0.310 e. The van der Waals surface area contributed by atoms with Crippen molar-refractivity contribution in [1.29, 1.82) is 0 Å². The Bertz CT molecular complexity index is 538. The van der Waals surface area contributed by atoms with E-state index in [1.165, 1.54) is 12.4 Å². The Morgan fingerprint density at radius 3 is 3.06 bits per heavy atom. The Kier molecular flexibility index (Phi) is 2.95. The second kappa shape index (κ2) is 4.56. The van der Waals surface area contributed by atoms with E-state index in [4.69, 9.17) is 0 Å². The number of aromatic nitrogens is 4. The van der Waals surface area contributed by atoms with Crippen LogP contribution in [0.25, 0.3) is 0 Å². The number of hydrogen-bond acceptors (Lipinski definition) is 6. The van der Waals surface area contributed by atoms with Crippen LogP contribution in [0.1, 0.15) is 5.82 Å². The number of aryl methyl sites for hydroxylation is 1. The van der Waals surface area contributed by atoms with E-state index >= 15 is 0 Å². The maximum absolute atomic E-state index is 10.7. The summed E-state index contributed by atoms with van der Waals surface area (Å²) < 4.78 is 1.74. The van der Waals surface area contributed by atoms with Gasteiger partial charge in [-0.15, -0.1) is 10.2 Å². The summed E-state index contributed by atoms with van der Waals surface area (Å²) in [6.45, 7) is 0.362. The van der Waals surface area contributed by atoms with Gasteiger partial charge in [-0.2, -0.15) is 0 Å². The second-order valence-electron chi connectivity index (χ2n) is 3.36. The normalized spacial score (nSPS) is 10.2. The summed E-state index contributed by atoms with van der Waals surface area (Å²) in [5.74, 6) is 0.691. The summed E-state index contributed by atoms with van der Waals surface area (Å²) in [5, 5.41) is 21.3. The van der Waals surface area contributed by atoms with E-state index in [2.05, 4.69) is 20.5 Å². The van der Waals surface area contributed by atoms with Crippen LogP contribution >= 0.6 is 0 Å². The van der Waals surface area contributed by atoms with E-state index in [1.54, 1.807) is 24.0 Å². The number of nitro groups is 1. The van der Waals surface area contributed by atoms with Crippen molar-refractivity contribution in [3.8, 4) is 0 Å². The fourth-order valence-corrected chi connectivity index (χ4v) is 1.32. The van der Waals surface area contributed by atoms with Crippen molar-refractivity contribution in [2.75, 3.05) is 5.32 Å². The zero-order chi connectivity index (χ0) is 12.3. The van der Waals surface area contributed by atoms with Crippen LogP contribution in [-0.4, -0.2) is 24.7 Å². The number of nitrogens with zero attached hydrogens (tertiary/aromatic N) is 5. The highest BCUT2D eigenvalue weighted by molar-refractivity contribution is 5.59. The van der Waals surface area contributed by atoms with Crippen molar-refractivity contribution in [2.24, 2.45) is 7.05 Å². The number of nitrogens with one attached hydrogen (secondary N) is 1. The minimum Gasteiger partial charge on any atom is -0.372 e. The summed E-state index contributed by atoms with van der Waals surface area (Å²) in [6, 6.07) is 1.55. The highest BCUT2D eigenvalue weighted by Crippen LogP contribution is 2.22. The molecule has 0 atom stereocenters. The SMILES string of the molecule is Cn1cnnc1CNc1ccncc1[N+](=O)[O-]. The molecule has 0 aliphatic carbocycles. The average molecular weight is 234 g/mol. The van der Waals surface area contributed by atoms with Gasteiger partial charge in [-0.25, -0.2) is 0 Å². The van der Waals surface area contributed by atoms with Crippen molar-refractivity contribution in [3.05, 3.63) is 40.7 Å². The lowest BCUT2D eigenvalue weighted by Gasteiger charge is -2.05. The molecule has 2 aromatic heterocycles. The third-order valence-corrected chi connectivity index (χ3v) is 2.24. The van der Waals surface area contributed by atoms with Gasteiger partial charge < -0.3 is 9.88 Å². The molecule has 2 heterocycles. The van der Waals surface area contributed by atoms with Crippen LogP contribution in [-0.2, 0) is 13.6 Å². The number of rotatable bonds is 4. The van der Waals surface area contributed by atoms with Crippen molar-refractivity contribution in [1.82, 2.24) is 19.7 Å². The lowest BCUT2D eigenvalue weighted by molar-refractivity contribution is -0.384. The Morgan fingerprint density at radius 2 is 2.41 bits per heavy atom. The first kappa shape index (κ1) is 11.0. The van der Waals surface area contributed by atoms with E-state index in [-0.39, 0.29) is 5.69 Å². The zero-order valence-electron chi connectivity index (χ0n) is 9.07. The minimum atomic E-state index is -0.480. The third kappa shape index (κ3) is 2.36. The second-order valence-corrected chi connectivity index (χ2v) is 3.36. The van der Waals surface area contributed by atoms with Crippen LogP contribution in [0.2, 0.25) is 0 Å². The zero-order valence-corrected chi connectivity index (χ0v) is 9.07. The maximum Gasteiger partial charge on any atom is 0.310 e. The van der Waals surface area contributed by atoms with Crippen molar-refractivity contribution < 1.29 is 4.92 Å². The third-order valence-electron chi connectivity index (χ3n) is 2.24. The molecule has 0 amide bonds. The Balaban J connectivity index is 2.14. The van der Waals surface area contributed by atoms with Gasteiger partial charge in [0.2, 0.25) is 0 Å². The number of hydrogen-bond donors (Lipinski definition) is 1. The van der Waals surface area contributed by atoms with E-state index in [9.17, 15) is 10.1 Å². The molecule has 0 unspecified atom stereocenters. The first-order chi connectivity index (χ1) is 8.18. The molecule has 0 spiro atoms. The van der Waals surface area contributed by atoms with Crippen LogP contribution in [0.3, 0.4) is 0 Å². The van der Waals surface area contributed by atoms with E-state index in [1.807, 2.05) is 0 Å². The quantitative estimate of drug-likeness (QED) is 0.618. The molecule has 0 aliphatic heterocycles. The molecule has 0 bridgehead atoms. The topological polar surface area (TPSA) is 98.8 Å². The predicted molar refractivity (Wildman–Crippen MR) is 59.2 cm³/mol. The molecule has 0 saturated carbocycles. The Morgan fingerprint density at radius 1 is 1.59 bits per heavy atom. The van der Waals surface area contributed by atoms with Gasteiger partial charge in [-0.05, 0) is 6.07 Å². The number of anilines is 1. The van der Waals surface area contributed by atoms with Gasteiger partial charge in [-0.3, -0.25) is 15.1 Å². The standard InChI is InChI=1S/C9H10N6O2/c1-14-6-12-13-9(14)5-11-7-2-3-10-4-8(7)15(16)17/h2-4,6H,5H2,1H3,(H,10,11). The summed E-state index contributed by atoms with van der Waals surface area (Å²) in [4.78, 5) is 14.0. The largest absolute Gasteiger partial charge is 0.372 e. The molecule has 8 heteroatoms. The van der Waals surface area contributed by atoms with Gasteiger partial charge in [-0.1, -0.05) is 0 Å². The van der Waals surface area contributed by atoms with Gasteiger partial charge in [0.05, 0.1) is 11.5 Å². The predicted octanol–water partition coefficient (Wildman–Crippen LogP) is 0.730. The van der Waals surface area contributed by atoms with Gasteiger partial charge in [0, 0.05) is 13.2 Å². The van der Waals surface area contributed by atoms with E-state index < -0.39 is 4.92 Å². The maximum atomic E-state index is 10.7. The lowest BCUT2D eigenvalue weighted by atomic mass is 10.3. The van der Waals surface area contributed by atoms with Gasteiger partial charge in [0.25, 0.3) is 0 Å². The van der Waals surface area contributed by atoms with Crippen LogP contribution in [0.15, 0.2) is 24.8 Å². The first-order valence-electron chi connectivity index (χ1n) is 4.83. The summed E-state index contributed by atoms with van der Waals surface area (Å²) in [7, 11) is 1.80. The fraction of sp³-hybridized carbons (Fsp3) is 0.222. The van der Waals surface area contributed by atoms with Crippen LogP contribution < -0.4 is 5.32 Å². The lowest BCUT2D eigenvalue weighted by Crippen LogP contribution is -2.07. The van der Waals surface area contributed by atoms with Gasteiger partial charge in [0.15, 0.2) is 5.82 Å². The summed E-state index contributed by atoms with van der Waals surface area (Å²) >= 11 is 0.